The maximum atomic E-state index is 11.8. The minimum Gasteiger partial charge on any atom is -0.505 e. The van der Waals surface area contributed by atoms with Crippen LogP contribution in [0.15, 0.2) is 42.5 Å². The van der Waals surface area contributed by atoms with E-state index in [0.29, 0.717) is 5.69 Å². The molecule has 2 N–H and O–H groups in total. The van der Waals surface area contributed by atoms with Gasteiger partial charge in [-0.25, -0.2) is 0 Å². The summed E-state index contributed by atoms with van der Waals surface area (Å²) in [5, 5.41) is 12.3. The molecule has 0 unspecified atom stereocenters. The molecule has 2 aromatic rings. The SMILES string of the molecule is O=C(Cc1ccccc1)Nc1cc(Cl)c(O)c(Cl)c1. The molecule has 0 saturated carbocycles. The van der Waals surface area contributed by atoms with Crippen LogP contribution in [0.25, 0.3) is 0 Å². The van der Waals surface area contributed by atoms with Crippen molar-refractivity contribution in [2.24, 2.45) is 0 Å². The van der Waals surface area contributed by atoms with E-state index in [9.17, 15) is 9.90 Å². The second-order valence-electron chi connectivity index (χ2n) is 4.00. The number of hydrogen-bond acceptors (Lipinski definition) is 2. The van der Waals surface area contributed by atoms with Crippen LogP contribution in [0.2, 0.25) is 10.0 Å². The van der Waals surface area contributed by atoms with Crippen LogP contribution in [-0.2, 0) is 11.2 Å². The summed E-state index contributed by atoms with van der Waals surface area (Å²) in [7, 11) is 0. The molecule has 0 heterocycles. The fourth-order valence-corrected chi connectivity index (χ4v) is 2.11. The van der Waals surface area contributed by atoms with Crippen molar-refractivity contribution in [3.63, 3.8) is 0 Å². The molecule has 3 nitrogen and oxygen atoms in total. The summed E-state index contributed by atoms with van der Waals surface area (Å²) in [5.41, 5.74) is 1.37. The minimum absolute atomic E-state index is 0.0995. The molecule has 98 valence electrons. The summed E-state index contributed by atoms with van der Waals surface area (Å²) in [6.45, 7) is 0. The van der Waals surface area contributed by atoms with E-state index in [1.165, 1.54) is 12.1 Å². The Bertz CT molecular complexity index is 577. The zero-order valence-corrected chi connectivity index (χ0v) is 11.4. The summed E-state index contributed by atoms with van der Waals surface area (Å²) in [5.74, 6) is -0.367. The number of aromatic hydroxyl groups is 1. The number of carbonyl (C=O) groups excluding carboxylic acids is 1. The molecule has 0 fully saturated rings. The first-order valence-corrected chi connectivity index (χ1v) is 6.33. The fraction of sp³-hybridized carbons (Fsp3) is 0.0714. The van der Waals surface area contributed by atoms with Crippen molar-refractivity contribution in [1.82, 2.24) is 0 Å². The Labute approximate surface area is 120 Å². The summed E-state index contributed by atoms with van der Waals surface area (Å²) in [4.78, 5) is 11.8. The number of carbonyl (C=O) groups is 1. The van der Waals surface area contributed by atoms with Gasteiger partial charge in [-0.15, -0.1) is 0 Å². The second-order valence-corrected chi connectivity index (χ2v) is 4.81. The maximum Gasteiger partial charge on any atom is 0.228 e. The van der Waals surface area contributed by atoms with Crippen LogP contribution in [0.3, 0.4) is 0 Å². The van der Waals surface area contributed by atoms with Gasteiger partial charge in [-0.05, 0) is 17.7 Å². The van der Waals surface area contributed by atoms with Crippen molar-refractivity contribution in [1.29, 1.82) is 0 Å². The molecule has 0 radical (unpaired) electrons. The van der Waals surface area contributed by atoms with Gasteiger partial charge in [0.15, 0.2) is 5.75 Å². The normalized spacial score (nSPS) is 10.2. The first kappa shape index (κ1) is 13.7. The number of rotatable bonds is 3. The lowest BCUT2D eigenvalue weighted by Gasteiger charge is -2.08. The van der Waals surface area contributed by atoms with Crippen molar-refractivity contribution in [2.75, 3.05) is 5.32 Å². The Morgan fingerprint density at radius 1 is 1.11 bits per heavy atom. The molecular weight excluding hydrogens is 285 g/mol. The van der Waals surface area contributed by atoms with Crippen LogP contribution in [0.5, 0.6) is 5.75 Å². The standard InChI is InChI=1S/C14H11Cl2NO2/c15-11-7-10(8-12(16)14(11)19)17-13(18)6-9-4-2-1-3-5-9/h1-5,7-8,19H,6H2,(H,17,18). The van der Waals surface area contributed by atoms with Crippen LogP contribution in [0, 0.1) is 0 Å². The number of phenols is 1. The van der Waals surface area contributed by atoms with Crippen LogP contribution in [-0.4, -0.2) is 11.0 Å². The average molecular weight is 296 g/mol. The van der Waals surface area contributed by atoms with Crippen LogP contribution in [0.1, 0.15) is 5.56 Å². The van der Waals surface area contributed by atoms with E-state index in [4.69, 9.17) is 23.2 Å². The lowest BCUT2D eigenvalue weighted by atomic mass is 10.1. The molecule has 19 heavy (non-hydrogen) atoms. The molecule has 2 aromatic carbocycles. The van der Waals surface area contributed by atoms with Crippen molar-refractivity contribution in [2.45, 2.75) is 6.42 Å². The molecule has 0 aliphatic carbocycles. The van der Waals surface area contributed by atoms with Gasteiger partial charge >= 0.3 is 0 Å². The molecule has 0 saturated heterocycles. The second kappa shape index (κ2) is 5.95. The maximum absolute atomic E-state index is 11.8. The van der Waals surface area contributed by atoms with Crippen molar-refractivity contribution >= 4 is 34.8 Å². The summed E-state index contributed by atoms with van der Waals surface area (Å²) in [6, 6.07) is 12.3. The van der Waals surface area contributed by atoms with E-state index in [2.05, 4.69) is 5.32 Å². The van der Waals surface area contributed by atoms with E-state index in [1.807, 2.05) is 30.3 Å². The quantitative estimate of drug-likeness (QED) is 0.844. The molecule has 0 bridgehead atoms. The molecule has 0 aliphatic heterocycles. The highest BCUT2D eigenvalue weighted by molar-refractivity contribution is 6.37. The Morgan fingerprint density at radius 3 is 2.26 bits per heavy atom. The zero-order valence-electron chi connectivity index (χ0n) is 9.86. The molecule has 0 spiro atoms. The van der Waals surface area contributed by atoms with E-state index in [0.717, 1.165) is 5.56 Å². The third-order valence-corrected chi connectivity index (χ3v) is 3.08. The van der Waals surface area contributed by atoms with Gasteiger partial charge in [-0.2, -0.15) is 0 Å². The van der Waals surface area contributed by atoms with E-state index in [-0.39, 0.29) is 28.1 Å². The van der Waals surface area contributed by atoms with Gasteiger partial charge in [0.2, 0.25) is 5.91 Å². The van der Waals surface area contributed by atoms with Crippen molar-refractivity contribution < 1.29 is 9.90 Å². The number of nitrogens with one attached hydrogen (secondary N) is 1. The Morgan fingerprint density at radius 2 is 1.68 bits per heavy atom. The van der Waals surface area contributed by atoms with Gasteiger partial charge in [-0.1, -0.05) is 53.5 Å². The Kier molecular flexibility index (Phi) is 4.30. The number of hydrogen-bond donors (Lipinski definition) is 2. The number of halogens is 2. The highest BCUT2D eigenvalue weighted by Crippen LogP contribution is 2.34. The monoisotopic (exact) mass is 295 g/mol. The molecule has 0 atom stereocenters. The first-order chi connectivity index (χ1) is 9.06. The third-order valence-electron chi connectivity index (χ3n) is 2.51. The van der Waals surface area contributed by atoms with E-state index in [1.54, 1.807) is 0 Å². The first-order valence-electron chi connectivity index (χ1n) is 5.58. The Balaban J connectivity index is 2.07. The van der Waals surface area contributed by atoms with Gasteiger partial charge < -0.3 is 10.4 Å². The molecule has 1 amide bonds. The predicted molar refractivity (Wildman–Crippen MR) is 76.9 cm³/mol. The smallest absolute Gasteiger partial charge is 0.228 e. The van der Waals surface area contributed by atoms with Crippen molar-refractivity contribution in [3.05, 3.63) is 58.1 Å². The largest absolute Gasteiger partial charge is 0.505 e. The van der Waals surface area contributed by atoms with Gasteiger partial charge in [-0.3, -0.25) is 4.79 Å². The number of anilines is 1. The van der Waals surface area contributed by atoms with E-state index < -0.39 is 0 Å². The zero-order chi connectivity index (χ0) is 13.8. The topological polar surface area (TPSA) is 49.3 Å². The number of benzene rings is 2. The summed E-state index contributed by atoms with van der Waals surface area (Å²) >= 11 is 11.6. The predicted octanol–water partition coefficient (Wildman–Crippen LogP) is 3.88. The summed E-state index contributed by atoms with van der Waals surface area (Å²) < 4.78 is 0. The third kappa shape index (κ3) is 3.63. The molecule has 0 aromatic heterocycles. The lowest BCUT2D eigenvalue weighted by Crippen LogP contribution is -2.14. The average Bonchev–Trinajstić information content (AvgIpc) is 2.37. The highest BCUT2D eigenvalue weighted by atomic mass is 35.5. The van der Waals surface area contributed by atoms with Crippen LogP contribution < -0.4 is 5.32 Å². The van der Waals surface area contributed by atoms with Crippen molar-refractivity contribution in [3.8, 4) is 5.75 Å². The highest BCUT2D eigenvalue weighted by Gasteiger charge is 2.09. The van der Waals surface area contributed by atoms with Crippen LogP contribution >= 0.6 is 23.2 Å². The van der Waals surface area contributed by atoms with Gasteiger partial charge in [0.25, 0.3) is 0 Å². The number of amides is 1. The van der Waals surface area contributed by atoms with Crippen LogP contribution in [0.4, 0.5) is 5.69 Å². The molecule has 0 aliphatic rings. The summed E-state index contributed by atoms with van der Waals surface area (Å²) in [6.07, 6.45) is 0.261. The Hall–Kier alpha value is -1.71. The van der Waals surface area contributed by atoms with Gasteiger partial charge in [0, 0.05) is 5.69 Å². The molecule has 5 heteroatoms. The van der Waals surface area contributed by atoms with Gasteiger partial charge in [0.1, 0.15) is 0 Å². The van der Waals surface area contributed by atoms with E-state index >= 15 is 0 Å². The van der Waals surface area contributed by atoms with Gasteiger partial charge in [0.05, 0.1) is 16.5 Å². The lowest BCUT2D eigenvalue weighted by molar-refractivity contribution is -0.115. The molecular formula is C14H11Cl2NO2. The minimum atomic E-state index is -0.190. The molecule has 2 rings (SSSR count). The fourth-order valence-electron chi connectivity index (χ4n) is 1.62. The number of phenolic OH excluding ortho intramolecular Hbond substituents is 1.